The molecule has 3 aromatic rings. The highest BCUT2D eigenvalue weighted by Gasteiger charge is 2.41. The summed E-state index contributed by atoms with van der Waals surface area (Å²) in [5.41, 5.74) is -4.74. The van der Waals surface area contributed by atoms with E-state index in [1.807, 2.05) is 0 Å². The number of alkyl halides is 6. The number of rotatable bonds is 5. The van der Waals surface area contributed by atoms with E-state index in [0.29, 0.717) is 6.07 Å². The van der Waals surface area contributed by atoms with E-state index in [0.717, 1.165) is 47.1 Å². The van der Waals surface area contributed by atoms with Gasteiger partial charge in [-0.3, -0.25) is 4.90 Å². The maximum absolute atomic E-state index is 13.8. The third-order valence-corrected chi connectivity index (χ3v) is 4.54. The lowest BCUT2D eigenvalue weighted by Crippen LogP contribution is -2.30. The Morgan fingerprint density at radius 3 is 2.29 bits per heavy atom. The fourth-order valence-corrected chi connectivity index (χ4v) is 2.86. The van der Waals surface area contributed by atoms with Crippen molar-refractivity contribution in [2.75, 3.05) is 18.6 Å². The second-order valence-electron chi connectivity index (χ2n) is 6.89. The number of aliphatic hydroxyl groups excluding tert-OH is 1. The highest BCUT2D eigenvalue weighted by atomic mass is 19.4. The van der Waals surface area contributed by atoms with Gasteiger partial charge in [0.05, 0.1) is 30.5 Å². The monoisotopic (exact) mass is 492 g/mol. The lowest BCUT2D eigenvalue weighted by atomic mass is 10.0. The molecule has 34 heavy (non-hydrogen) atoms. The number of anilines is 1. The summed E-state index contributed by atoms with van der Waals surface area (Å²) >= 11 is 0. The van der Waals surface area contributed by atoms with Crippen LogP contribution in [0.3, 0.4) is 0 Å². The predicted octanol–water partition coefficient (Wildman–Crippen LogP) is 4.75. The van der Waals surface area contributed by atoms with Crippen molar-refractivity contribution in [3.8, 4) is 17.0 Å². The maximum Gasteiger partial charge on any atom is 0.420 e. The van der Waals surface area contributed by atoms with Crippen LogP contribution in [-0.4, -0.2) is 39.8 Å². The van der Waals surface area contributed by atoms with Crippen LogP contribution in [0.4, 0.5) is 41.2 Å². The largest absolute Gasteiger partial charge is 0.420 e. The minimum absolute atomic E-state index is 0.0438. The smallest absolute Gasteiger partial charge is 0.409 e. The van der Waals surface area contributed by atoms with E-state index in [4.69, 9.17) is 9.84 Å². The van der Waals surface area contributed by atoms with Crippen LogP contribution in [0.1, 0.15) is 11.1 Å². The third-order valence-electron chi connectivity index (χ3n) is 4.54. The number of nitrogens with zero attached hydrogens (tertiary/aromatic N) is 4. The summed E-state index contributed by atoms with van der Waals surface area (Å²) in [6.07, 6.45) is -10.9. The molecule has 1 amide bonds. The lowest BCUT2D eigenvalue weighted by Gasteiger charge is -2.21. The summed E-state index contributed by atoms with van der Waals surface area (Å²) in [6, 6.07) is 4.45. The number of carbonyl (C=O) groups is 1. The van der Waals surface area contributed by atoms with E-state index < -0.39 is 59.0 Å². The number of hydrogen-bond acceptors (Lipinski definition) is 5. The highest BCUT2D eigenvalue weighted by Crippen LogP contribution is 2.45. The fourth-order valence-electron chi connectivity index (χ4n) is 2.86. The number of aromatic nitrogens is 3. The number of ether oxygens (including phenoxy) is 1. The number of benzene rings is 2. The first-order valence-electron chi connectivity index (χ1n) is 9.36. The van der Waals surface area contributed by atoms with E-state index in [2.05, 4.69) is 10.3 Å². The standard InChI is InChI=1S/C20H15F7N4O3/c1-30(13-4-2-12(21)3-5-13)18(33)34-17-14(16-10-31(6-7-32)29-28-16)8-11(19(22,23)24)9-15(17)20(25,26)27/h2-5,8-10,32H,6-7H2,1H3. The van der Waals surface area contributed by atoms with Crippen molar-refractivity contribution in [2.24, 2.45) is 0 Å². The van der Waals surface area contributed by atoms with Gasteiger partial charge in [-0.05, 0) is 36.4 Å². The molecule has 7 nitrogen and oxygen atoms in total. The van der Waals surface area contributed by atoms with Gasteiger partial charge in [0.25, 0.3) is 0 Å². The molecule has 3 rings (SSSR count). The van der Waals surface area contributed by atoms with Gasteiger partial charge in [-0.15, -0.1) is 5.10 Å². The van der Waals surface area contributed by atoms with Gasteiger partial charge in [-0.1, -0.05) is 5.21 Å². The molecule has 1 heterocycles. The van der Waals surface area contributed by atoms with Gasteiger partial charge in [-0.2, -0.15) is 26.3 Å². The summed E-state index contributed by atoms with van der Waals surface area (Å²) < 4.78 is 100. The molecule has 14 heteroatoms. The van der Waals surface area contributed by atoms with E-state index in [1.54, 1.807) is 0 Å². The van der Waals surface area contributed by atoms with Crippen LogP contribution >= 0.6 is 0 Å². The minimum Gasteiger partial charge on any atom is -0.409 e. The first-order valence-corrected chi connectivity index (χ1v) is 9.36. The second kappa shape index (κ2) is 9.29. The number of carbonyl (C=O) groups excluding carboxylic acids is 1. The average molecular weight is 492 g/mol. The van der Waals surface area contributed by atoms with Crippen LogP contribution in [0.2, 0.25) is 0 Å². The molecule has 2 aromatic carbocycles. The Hall–Kier alpha value is -3.68. The van der Waals surface area contributed by atoms with Crippen LogP contribution < -0.4 is 9.64 Å². The van der Waals surface area contributed by atoms with Gasteiger partial charge in [0, 0.05) is 18.3 Å². The zero-order valence-electron chi connectivity index (χ0n) is 17.2. The van der Waals surface area contributed by atoms with E-state index in [9.17, 15) is 35.5 Å². The number of aliphatic hydroxyl groups is 1. The van der Waals surface area contributed by atoms with Crippen molar-refractivity contribution in [3.05, 3.63) is 59.5 Å². The van der Waals surface area contributed by atoms with Crippen molar-refractivity contribution in [2.45, 2.75) is 18.9 Å². The molecule has 0 unspecified atom stereocenters. The zero-order chi connectivity index (χ0) is 25.3. The lowest BCUT2D eigenvalue weighted by molar-refractivity contribution is -0.143. The molecule has 0 spiro atoms. The Labute approximate surface area is 187 Å². The molecule has 0 aliphatic heterocycles. The van der Waals surface area contributed by atoms with Gasteiger partial charge >= 0.3 is 18.4 Å². The van der Waals surface area contributed by atoms with Gasteiger partial charge < -0.3 is 9.84 Å². The maximum atomic E-state index is 13.8. The first-order chi connectivity index (χ1) is 15.8. The van der Waals surface area contributed by atoms with Crippen LogP contribution in [0.5, 0.6) is 5.75 Å². The molecule has 0 aliphatic carbocycles. The number of halogens is 7. The SMILES string of the molecule is CN(C(=O)Oc1c(-c2cn(CCO)nn2)cc(C(F)(F)F)cc1C(F)(F)F)c1ccc(F)cc1. The molecule has 0 aliphatic rings. The molecule has 0 radical (unpaired) electrons. The molecule has 1 aromatic heterocycles. The third kappa shape index (κ3) is 5.44. The Morgan fingerprint density at radius 1 is 1.09 bits per heavy atom. The average Bonchev–Trinajstić information content (AvgIpc) is 3.21. The van der Waals surface area contributed by atoms with Crippen molar-refractivity contribution in [1.82, 2.24) is 15.0 Å². The summed E-state index contributed by atoms with van der Waals surface area (Å²) in [5, 5.41) is 16.1. The Bertz CT molecular complexity index is 1170. The van der Waals surface area contributed by atoms with Crippen LogP contribution in [0, 0.1) is 5.82 Å². The second-order valence-corrected chi connectivity index (χ2v) is 6.89. The van der Waals surface area contributed by atoms with Crippen molar-refractivity contribution in [3.63, 3.8) is 0 Å². The summed E-state index contributed by atoms with van der Waals surface area (Å²) in [6.45, 7) is -0.565. The quantitative estimate of drug-likeness (QED) is 0.520. The predicted molar refractivity (Wildman–Crippen MR) is 103 cm³/mol. The summed E-state index contributed by atoms with van der Waals surface area (Å²) in [4.78, 5) is 13.3. The number of amides is 1. The van der Waals surface area contributed by atoms with Gasteiger partial charge in [-0.25, -0.2) is 13.9 Å². The zero-order valence-corrected chi connectivity index (χ0v) is 17.2. The van der Waals surface area contributed by atoms with Crippen molar-refractivity contribution >= 4 is 11.8 Å². The molecule has 182 valence electrons. The van der Waals surface area contributed by atoms with E-state index >= 15 is 0 Å². The molecule has 0 atom stereocenters. The van der Waals surface area contributed by atoms with Crippen molar-refractivity contribution < 1.29 is 45.4 Å². The molecule has 1 N–H and O–H groups in total. The Kier molecular flexibility index (Phi) is 6.82. The molecule has 0 saturated carbocycles. The summed E-state index contributed by atoms with van der Waals surface area (Å²) in [7, 11) is 1.12. The highest BCUT2D eigenvalue weighted by molar-refractivity contribution is 5.90. The molecular formula is C20H15F7N4O3. The molecule has 0 fully saturated rings. The normalized spacial score (nSPS) is 12.0. The number of hydrogen-bond donors (Lipinski definition) is 1. The van der Waals surface area contributed by atoms with Crippen LogP contribution in [0.25, 0.3) is 11.3 Å². The van der Waals surface area contributed by atoms with E-state index in [-0.39, 0.29) is 18.3 Å². The first kappa shape index (κ1) is 25.0. The van der Waals surface area contributed by atoms with Crippen molar-refractivity contribution in [1.29, 1.82) is 0 Å². The fraction of sp³-hybridized carbons (Fsp3) is 0.250. The topological polar surface area (TPSA) is 80.5 Å². The van der Waals surface area contributed by atoms with Crippen LogP contribution in [0.15, 0.2) is 42.6 Å². The van der Waals surface area contributed by atoms with Gasteiger partial charge in [0.1, 0.15) is 11.5 Å². The Balaban J connectivity index is 2.15. The van der Waals surface area contributed by atoms with Crippen LogP contribution in [-0.2, 0) is 18.9 Å². The Morgan fingerprint density at radius 2 is 1.74 bits per heavy atom. The van der Waals surface area contributed by atoms with E-state index in [1.165, 1.54) is 0 Å². The van der Waals surface area contributed by atoms with Gasteiger partial charge in [0.2, 0.25) is 0 Å². The van der Waals surface area contributed by atoms with Gasteiger partial charge in [0.15, 0.2) is 5.75 Å². The molecule has 0 saturated heterocycles. The molecular weight excluding hydrogens is 477 g/mol. The summed E-state index contributed by atoms with van der Waals surface area (Å²) in [5.74, 6) is -1.86. The minimum atomic E-state index is -5.35. The molecule has 0 bridgehead atoms.